The van der Waals surface area contributed by atoms with Gasteiger partial charge in [-0.3, -0.25) is 4.79 Å². The Labute approximate surface area is 166 Å². The SMILES string of the molecule is Cc1ccc(CNC(=O)Cc2c(C)nn(-c3nc(C)cc(C)n3)c2C)c(C)c1. The lowest BCUT2D eigenvalue weighted by Gasteiger charge is -2.09. The number of carbonyl (C=O) groups is 1. The predicted molar refractivity (Wildman–Crippen MR) is 110 cm³/mol. The van der Waals surface area contributed by atoms with Gasteiger partial charge >= 0.3 is 0 Å². The number of nitrogens with zero attached hydrogens (tertiary/aromatic N) is 4. The number of benzene rings is 1. The van der Waals surface area contributed by atoms with Crippen LogP contribution in [0.4, 0.5) is 0 Å². The molecule has 1 aromatic carbocycles. The summed E-state index contributed by atoms with van der Waals surface area (Å²) in [6.07, 6.45) is 0.285. The van der Waals surface area contributed by atoms with E-state index in [0.717, 1.165) is 33.9 Å². The molecule has 0 spiro atoms. The number of amides is 1. The quantitative estimate of drug-likeness (QED) is 0.740. The molecule has 0 aliphatic carbocycles. The second-order valence-corrected chi connectivity index (χ2v) is 7.40. The molecule has 1 amide bonds. The van der Waals surface area contributed by atoms with Gasteiger partial charge in [-0.2, -0.15) is 5.10 Å². The summed E-state index contributed by atoms with van der Waals surface area (Å²) in [6, 6.07) is 8.19. The maximum Gasteiger partial charge on any atom is 0.251 e. The highest BCUT2D eigenvalue weighted by Gasteiger charge is 2.17. The van der Waals surface area contributed by atoms with E-state index in [1.165, 1.54) is 11.1 Å². The van der Waals surface area contributed by atoms with E-state index in [2.05, 4.69) is 52.4 Å². The van der Waals surface area contributed by atoms with Crippen molar-refractivity contribution in [3.8, 4) is 5.95 Å². The van der Waals surface area contributed by atoms with Crippen LogP contribution in [0.1, 0.15) is 45.0 Å². The Kier molecular flexibility index (Phi) is 5.58. The first-order chi connectivity index (χ1) is 13.2. The fourth-order valence-electron chi connectivity index (χ4n) is 3.39. The first-order valence-electron chi connectivity index (χ1n) is 9.45. The number of hydrogen-bond donors (Lipinski definition) is 1. The number of carbonyl (C=O) groups excluding carboxylic acids is 1. The van der Waals surface area contributed by atoms with Gasteiger partial charge in [-0.05, 0) is 58.7 Å². The third-order valence-corrected chi connectivity index (χ3v) is 4.91. The van der Waals surface area contributed by atoms with E-state index in [-0.39, 0.29) is 12.3 Å². The molecule has 1 N–H and O–H groups in total. The van der Waals surface area contributed by atoms with Crippen LogP contribution in [0.5, 0.6) is 0 Å². The Balaban J connectivity index is 1.75. The van der Waals surface area contributed by atoms with Gasteiger partial charge in [0.25, 0.3) is 5.95 Å². The molecule has 0 saturated carbocycles. The van der Waals surface area contributed by atoms with Crippen molar-refractivity contribution < 1.29 is 4.79 Å². The topological polar surface area (TPSA) is 72.7 Å². The van der Waals surface area contributed by atoms with E-state index in [4.69, 9.17) is 0 Å². The van der Waals surface area contributed by atoms with Crippen LogP contribution < -0.4 is 5.32 Å². The molecule has 3 rings (SSSR count). The third-order valence-electron chi connectivity index (χ3n) is 4.91. The molecule has 0 unspecified atom stereocenters. The summed E-state index contributed by atoms with van der Waals surface area (Å²) < 4.78 is 1.72. The summed E-state index contributed by atoms with van der Waals surface area (Å²) >= 11 is 0. The van der Waals surface area contributed by atoms with E-state index in [1.54, 1.807) is 4.68 Å². The van der Waals surface area contributed by atoms with Gasteiger partial charge in [-0.1, -0.05) is 23.8 Å². The number of aromatic nitrogens is 4. The number of hydrogen-bond acceptors (Lipinski definition) is 4. The third kappa shape index (κ3) is 4.27. The Hall–Kier alpha value is -3.02. The molecule has 0 aliphatic rings. The molecule has 146 valence electrons. The van der Waals surface area contributed by atoms with E-state index >= 15 is 0 Å². The lowest BCUT2D eigenvalue weighted by atomic mass is 10.1. The first-order valence-corrected chi connectivity index (χ1v) is 9.45. The highest BCUT2D eigenvalue weighted by atomic mass is 16.1. The van der Waals surface area contributed by atoms with Crippen LogP contribution in [0.2, 0.25) is 0 Å². The van der Waals surface area contributed by atoms with Crippen LogP contribution in [0.3, 0.4) is 0 Å². The average molecular weight is 377 g/mol. The molecule has 2 aromatic heterocycles. The van der Waals surface area contributed by atoms with Gasteiger partial charge in [-0.25, -0.2) is 14.6 Å². The van der Waals surface area contributed by atoms with Gasteiger partial charge in [-0.15, -0.1) is 0 Å². The zero-order chi connectivity index (χ0) is 20.4. The summed E-state index contributed by atoms with van der Waals surface area (Å²) in [5.74, 6) is 0.520. The molecule has 28 heavy (non-hydrogen) atoms. The lowest BCUT2D eigenvalue weighted by molar-refractivity contribution is -0.120. The smallest absolute Gasteiger partial charge is 0.251 e. The number of rotatable bonds is 5. The summed E-state index contributed by atoms with van der Waals surface area (Å²) in [5.41, 5.74) is 7.96. The minimum absolute atomic E-state index is 0.0212. The molecule has 0 aliphatic heterocycles. The zero-order valence-electron chi connectivity index (χ0n) is 17.4. The average Bonchev–Trinajstić information content (AvgIpc) is 2.88. The van der Waals surface area contributed by atoms with Crippen LogP contribution in [0.15, 0.2) is 24.3 Å². The van der Waals surface area contributed by atoms with Crippen molar-refractivity contribution in [1.82, 2.24) is 25.1 Å². The summed E-state index contributed by atoms with van der Waals surface area (Å²) in [6.45, 7) is 12.4. The van der Waals surface area contributed by atoms with E-state index in [0.29, 0.717) is 12.5 Å². The van der Waals surface area contributed by atoms with Crippen LogP contribution in [-0.4, -0.2) is 25.7 Å². The minimum atomic E-state index is -0.0212. The van der Waals surface area contributed by atoms with Crippen molar-refractivity contribution in [3.63, 3.8) is 0 Å². The first kappa shape index (κ1) is 19.7. The van der Waals surface area contributed by atoms with Crippen LogP contribution in [0.25, 0.3) is 5.95 Å². The standard InChI is InChI=1S/C22H27N5O/c1-13-7-8-19(14(2)9-13)12-23-21(28)11-20-17(5)26-27(18(20)6)22-24-15(3)10-16(4)25-22/h7-10H,11-12H2,1-6H3,(H,23,28). The monoisotopic (exact) mass is 377 g/mol. The Morgan fingerprint density at radius 2 is 1.68 bits per heavy atom. The summed E-state index contributed by atoms with van der Waals surface area (Å²) in [5, 5.41) is 7.59. The molecule has 0 bridgehead atoms. The molecule has 2 heterocycles. The molecule has 6 nitrogen and oxygen atoms in total. The van der Waals surface area contributed by atoms with Crippen LogP contribution >= 0.6 is 0 Å². The lowest BCUT2D eigenvalue weighted by Crippen LogP contribution is -2.25. The van der Waals surface area contributed by atoms with Crippen molar-refractivity contribution in [2.24, 2.45) is 0 Å². The van der Waals surface area contributed by atoms with Gasteiger partial charge in [0, 0.05) is 29.2 Å². The van der Waals surface area contributed by atoms with Gasteiger partial charge in [0.15, 0.2) is 0 Å². The molecular formula is C22H27N5O. The zero-order valence-corrected chi connectivity index (χ0v) is 17.4. The van der Waals surface area contributed by atoms with E-state index in [1.807, 2.05) is 33.8 Å². The van der Waals surface area contributed by atoms with Gasteiger partial charge in [0.2, 0.25) is 5.91 Å². The molecule has 3 aromatic rings. The molecule has 0 radical (unpaired) electrons. The fraction of sp³-hybridized carbons (Fsp3) is 0.364. The summed E-state index contributed by atoms with van der Waals surface area (Å²) in [7, 11) is 0. The van der Waals surface area contributed by atoms with Crippen molar-refractivity contribution in [2.75, 3.05) is 0 Å². The van der Waals surface area contributed by atoms with Crippen molar-refractivity contribution in [1.29, 1.82) is 0 Å². The molecule has 0 fully saturated rings. The van der Waals surface area contributed by atoms with E-state index < -0.39 is 0 Å². The Morgan fingerprint density at radius 1 is 1.00 bits per heavy atom. The molecule has 0 atom stereocenters. The summed E-state index contributed by atoms with van der Waals surface area (Å²) in [4.78, 5) is 21.5. The van der Waals surface area contributed by atoms with Gasteiger partial charge < -0.3 is 5.32 Å². The van der Waals surface area contributed by atoms with Crippen molar-refractivity contribution in [3.05, 3.63) is 69.3 Å². The number of aryl methyl sites for hydroxylation is 5. The highest BCUT2D eigenvalue weighted by molar-refractivity contribution is 5.79. The predicted octanol–water partition coefficient (Wildman–Crippen LogP) is 3.37. The minimum Gasteiger partial charge on any atom is -0.352 e. The highest BCUT2D eigenvalue weighted by Crippen LogP contribution is 2.17. The fourth-order valence-corrected chi connectivity index (χ4v) is 3.39. The molecule has 0 saturated heterocycles. The molecule has 6 heteroatoms. The Morgan fingerprint density at radius 3 is 2.32 bits per heavy atom. The van der Waals surface area contributed by atoms with E-state index in [9.17, 15) is 4.79 Å². The van der Waals surface area contributed by atoms with Gasteiger partial charge in [0.1, 0.15) is 0 Å². The van der Waals surface area contributed by atoms with Crippen molar-refractivity contribution >= 4 is 5.91 Å². The largest absolute Gasteiger partial charge is 0.352 e. The number of nitrogens with one attached hydrogen (secondary N) is 1. The second-order valence-electron chi connectivity index (χ2n) is 7.40. The van der Waals surface area contributed by atoms with Crippen molar-refractivity contribution in [2.45, 2.75) is 54.5 Å². The second kappa shape index (κ2) is 7.92. The normalized spacial score (nSPS) is 10.9. The maximum absolute atomic E-state index is 12.5. The van der Waals surface area contributed by atoms with Gasteiger partial charge in [0.05, 0.1) is 12.1 Å². The molecular weight excluding hydrogens is 350 g/mol. The van der Waals surface area contributed by atoms with Crippen LogP contribution in [-0.2, 0) is 17.8 Å². The van der Waals surface area contributed by atoms with Crippen LogP contribution in [0, 0.1) is 41.5 Å². The maximum atomic E-state index is 12.5. The Bertz CT molecular complexity index is 1020.